The van der Waals surface area contributed by atoms with E-state index < -0.39 is 0 Å². The Labute approximate surface area is 83.8 Å². The quantitative estimate of drug-likeness (QED) is 0.743. The minimum atomic E-state index is 0.822. The minimum absolute atomic E-state index is 0.822. The van der Waals surface area contributed by atoms with Gasteiger partial charge in [0.25, 0.3) is 0 Å². The van der Waals surface area contributed by atoms with Gasteiger partial charge in [-0.05, 0) is 37.1 Å². The number of aromatic nitrogens is 1. The first-order valence-electron chi connectivity index (χ1n) is 4.86. The molecule has 1 heterocycles. The van der Waals surface area contributed by atoms with E-state index in [2.05, 4.69) is 24.0 Å². The highest BCUT2D eigenvalue weighted by Crippen LogP contribution is 2.21. The standard InChI is InChI=1S/C12H14N2/c1-3-9-4-5-12-10(7-9)11(13)6-8(2)14-12/h4-7H,3H2,1-2H3,(H2,13,14). The van der Waals surface area contributed by atoms with Crippen LogP contribution >= 0.6 is 0 Å². The van der Waals surface area contributed by atoms with Crippen molar-refractivity contribution in [1.82, 2.24) is 4.98 Å². The molecule has 2 heteroatoms. The van der Waals surface area contributed by atoms with Gasteiger partial charge in [0.2, 0.25) is 0 Å². The van der Waals surface area contributed by atoms with Crippen LogP contribution in [0.25, 0.3) is 10.9 Å². The number of nitrogens with two attached hydrogens (primary N) is 1. The Morgan fingerprint density at radius 3 is 2.79 bits per heavy atom. The number of anilines is 1. The molecule has 72 valence electrons. The van der Waals surface area contributed by atoms with E-state index in [1.807, 2.05) is 19.1 Å². The monoisotopic (exact) mass is 186 g/mol. The molecule has 0 saturated carbocycles. The van der Waals surface area contributed by atoms with E-state index >= 15 is 0 Å². The Morgan fingerprint density at radius 1 is 1.29 bits per heavy atom. The summed E-state index contributed by atoms with van der Waals surface area (Å²) in [5.74, 6) is 0. The summed E-state index contributed by atoms with van der Waals surface area (Å²) in [6.07, 6.45) is 1.03. The summed E-state index contributed by atoms with van der Waals surface area (Å²) >= 11 is 0. The third-order valence-corrected chi connectivity index (χ3v) is 2.44. The maximum absolute atomic E-state index is 5.94. The third-order valence-electron chi connectivity index (χ3n) is 2.44. The molecule has 1 aromatic carbocycles. The van der Waals surface area contributed by atoms with Gasteiger partial charge in [-0.1, -0.05) is 13.0 Å². The first kappa shape index (κ1) is 9.00. The Bertz CT molecular complexity index is 475. The highest BCUT2D eigenvalue weighted by Gasteiger charge is 2.01. The molecule has 0 aliphatic rings. The molecule has 0 unspecified atom stereocenters. The first-order valence-corrected chi connectivity index (χ1v) is 4.86. The Kier molecular flexibility index (Phi) is 2.12. The average molecular weight is 186 g/mol. The number of nitrogen functional groups attached to an aromatic ring is 1. The highest BCUT2D eigenvalue weighted by molar-refractivity contribution is 5.90. The molecule has 0 radical (unpaired) electrons. The summed E-state index contributed by atoms with van der Waals surface area (Å²) in [5, 5.41) is 1.06. The van der Waals surface area contributed by atoms with Crippen molar-refractivity contribution in [3.8, 4) is 0 Å². The van der Waals surface area contributed by atoms with E-state index in [9.17, 15) is 0 Å². The Morgan fingerprint density at radius 2 is 2.07 bits per heavy atom. The molecular weight excluding hydrogens is 172 g/mol. The molecule has 0 fully saturated rings. The fraction of sp³-hybridized carbons (Fsp3) is 0.250. The van der Waals surface area contributed by atoms with Crippen LogP contribution in [0.5, 0.6) is 0 Å². The zero-order valence-corrected chi connectivity index (χ0v) is 8.54. The smallest absolute Gasteiger partial charge is 0.0726 e. The van der Waals surface area contributed by atoms with Gasteiger partial charge in [-0.25, -0.2) is 0 Å². The maximum Gasteiger partial charge on any atom is 0.0726 e. The van der Waals surface area contributed by atoms with Crippen molar-refractivity contribution in [3.63, 3.8) is 0 Å². The largest absolute Gasteiger partial charge is 0.398 e. The van der Waals surface area contributed by atoms with Crippen LogP contribution in [-0.4, -0.2) is 4.98 Å². The normalized spacial score (nSPS) is 10.7. The Hall–Kier alpha value is -1.57. The zero-order valence-electron chi connectivity index (χ0n) is 8.54. The third kappa shape index (κ3) is 1.43. The lowest BCUT2D eigenvalue weighted by molar-refractivity contribution is 1.14. The second kappa shape index (κ2) is 3.29. The van der Waals surface area contributed by atoms with Gasteiger partial charge in [0.05, 0.1) is 5.52 Å². The number of benzene rings is 1. The van der Waals surface area contributed by atoms with Crippen molar-refractivity contribution in [2.75, 3.05) is 5.73 Å². The summed E-state index contributed by atoms with van der Waals surface area (Å²) < 4.78 is 0. The van der Waals surface area contributed by atoms with Crippen molar-refractivity contribution in [2.45, 2.75) is 20.3 Å². The molecule has 2 N–H and O–H groups in total. The van der Waals surface area contributed by atoms with Crippen LogP contribution in [0.15, 0.2) is 24.3 Å². The molecule has 14 heavy (non-hydrogen) atoms. The van der Waals surface area contributed by atoms with Crippen LogP contribution in [0.2, 0.25) is 0 Å². The summed E-state index contributed by atoms with van der Waals surface area (Å²) in [6, 6.07) is 8.19. The van der Waals surface area contributed by atoms with Crippen molar-refractivity contribution >= 4 is 16.6 Å². The molecule has 0 aliphatic heterocycles. The summed E-state index contributed by atoms with van der Waals surface area (Å²) in [6.45, 7) is 4.10. The van der Waals surface area contributed by atoms with Gasteiger partial charge >= 0.3 is 0 Å². The van der Waals surface area contributed by atoms with Gasteiger partial charge in [0.1, 0.15) is 0 Å². The zero-order chi connectivity index (χ0) is 10.1. The van der Waals surface area contributed by atoms with Gasteiger partial charge < -0.3 is 5.73 Å². The molecule has 0 spiro atoms. The molecule has 0 aliphatic carbocycles. The van der Waals surface area contributed by atoms with Gasteiger partial charge in [0.15, 0.2) is 0 Å². The molecule has 2 nitrogen and oxygen atoms in total. The van der Waals surface area contributed by atoms with Gasteiger partial charge in [0, 0.05) is 16.8 Å². The topological polar surface area (TPSA) is 38.9 Å². The predicted molar refractivity (Wildman–Crippen MR) is 60.3 cm³/mol. The van der Waals surface area contributed by atoms with Crippen LogP contribution in [0.3, 0.4) is 0 Å². The van der Waals surface area contributed by atoms with E-state index in [4.69, 9.17) is 5.73 Å². The van der Waals surface area contributed by atoms with Crippen molar-refractivity contribution in [3.05, 3.63) is 35.5 Å². The van der Waals surface area contributed by atoms with Crippen molar-refractivity contribution in [1.29, 1.82) is 0 Å². The SMILES string of the molecule is CCc1ccc2nc(C)cc(N)c2c1. The van der Waals surface area contributed by atoms with Gasteiger partial charge in [-0.15, -0.1) is 0 Å². The van der Waals surface area contributed by atoms with Gasteiger partial charge in [-0.2, -0.15) is 0 Å². The fourth-order valence-corrected chi connectivity index (χ4v) is 1.66. The number of rotatable bonds is 1. The molecule has 0 saturated heterocycles. The molecule has 0 atom stereocenters. The van der Waals surface area contributed by atoms with Crippen LogP contribution in [0, 0.1) is 6.92 Å². The molecule has 2 rings (SSSR count). The number of fused-ring (bicyclic) bond motifs is 1. The van der Waals surface area contributed by atoms with E-state index in [1.165, 1.54) is 5.56 Å². The maximum atomic E-state index is 5.94. The van der Waals surface area contributed by atoms with E-state index in [0.29, 0.717) is 0 Å². The number of nitrogens with zero attached hydrogens (tertiary/aromatic N) is 1. The fourth-order valence-electron chi connectivity index (χ4n) is 1.66. The van der Waals surface area contributed by atoms with Crippen LogP contribution in [-0.2, 0) is 6.42 Å². The number of hydrogen-bond acceptors (Lipinski definition) is 2. The van der Waals surface area contributed by atoms with Crippen LogP contribution in [0.1, 0.15) is 18.2 Å². The van der Waals surface area contributed by atoms with Gasteiger partial charge in [-0.3, -0.25) is 4.98 Å². The molecular formula is C12H14N2. The summed E-state index contributed by atoms with van der Waals surface area (Å²) in [4.78, 5) is 4.43. The number of aryl methyl sites for hydroxylation is 2. The van der Waals surface area contributed by atoms with Crippen molar-refractivity contribution < 1.29 is 0 Å². The highest BCUT2D eigenvalue weighted by atomic mass is 14.7. The van der Waals surface area contributed by atoms with E-state index in [-0.39, 0.29) is 0 Å². The van der Waals surface area contributed by atoms with E-state index in [0.717, 1.165) is 28.7 Å². The first-order chi connectivity index (χ1) is 6.70. The van der Waals surface area contributed by atoms with Crippen LogP contribution in [0.4, 0.5) is 5.69 Å². The lowest BCUT2D eigenvalue weighted by Gasteiger charge is -2.05. The predicted octanol–water partition coefficient (Wildman–Crippen LogP) is 2.69. The molecule has 2 aromatic rings. The molecule has 0 amide bonds. The molecule has 0 bridgehead atoms. The lowest BCUT2D eigenvalue weighted by atomic mass is 10.1. The summed E-state index contributed by atoms with van der Waals surface area (Å²) in [5.41, 5.74) is 10.0. The number of pyridine rings is 1. The molecule has 1 aromatic heterocycles. The minimum Gasteiger partial charge on any atom is -0.398 e. The van der Waals surface area contributed by atoms with Crippen molar-refractivity contribution in [2.24, 2.45) is 0 Å². The number of hydrogen-bond donors (Lipinski definition) is 1. The summed E-state index contributed by atoms with van der Waals surface area (Å²) in [7, 11) is 0. The van der Waals surface area contributed by atoms with Crippen LogP contribution < -0.4 is 5.73 Å². The Balaban J connectivity index is 2.75. The second-order valence-electron chi connectivity index (χ2n) is 3.56. The lowest BCUT2D eigenvalue weighted by Crippen LogP contribution is -1.93. The second-order valence-corrected chi connectivity index (χ2v) is 3.56. The van der Waals surface area contributed by atoms with E-state index in [1.54, 1.807) is 0 Å². The average Bonchev–Trinajstić information content (AvgIpc) is 2.17.